The summed E-state index contributed by atoms with van der Waals surface area (Å²) in [6.07, 6.45) is -7.58. The number of likely N-dealkylation sites (N-methyl/N-ethyl adjacent to an activating group) is 1. The van der Waals surface area contributed by atoms with Gasteiger partial charge in [-0.25, -0.2) is 0 Å². The van der Waals surface area contributed by atoms with Crippen LogP contribution in [-0.4, -0.2) is 144 Å². The summed E-state index contributed by atoms with van der Waals surface area (Å²) in [4.78, 5) is 68.4. The van der Waals surface area contributed by atoms with Gasteiger partial charge in [0, 0.05) is 54.8 Å². The molecule has 0 unspecified atom stereocenters. The van der Waals surface area contributed by atoms with E-state index in [1.54, 1.807) is 13.8 Å². The van der Waals surface area contributed by atoms with Crippen LogP contribution in [0.5, 0.6) is 11.5 Å². The zero-order chi connectivity index (χ0) is 43.1. The minimum atomic E-state index is -2.12. The normalized spacial score (nSPS) is 37.4. The van der Waals surface area contributed by atoms with Gasteiger partial charge in [0.25, 0.3) is 0 Å². The Bertz CT molecular complexity index is 2100. The lowest BCUT2D eigenvalue weighted by Gasteiger charge is -2.51. The van der Waals surface area contributed by atoms with Crippen LogP contribution in [0.25, 0.3) is 0 Å². The van der Waals surface area contributed by atoms with E-state index in [1.165, 1.54) is 31.2 Å². The number of aliphatic hydroxyl groups is 1. The second kappa shape index (κ2) is 15.9. The molecule has 2 aromatic rings. The fraction of sp³-hybridized carbons (Fsp3) is 0.605. The maximum Gasteiger partial charge on any atom is 0.316 e. The third kappa shape index (κ3) is 7.26. The summed E-state index contributed by atoms with van der Waals surface area (Å²) in [6.45, 7) is 6.62. The highest BCUT2D eigenvalue weighted by molar-refractivity contribution is 6.30. The van der Waals surface area contributed by atoms with Crippen molar-refractivity contribution in [2.45, 2.75) is 145 Å². The molecule has 4 fully saturated rings. The van der Waals surface area contributed by atoms with Gasteiger partial charge in [-0.05, 0) is 59.5 Å². The number of Topliss-reactive ketones (excluding diaryl/α,β-unsaturated/α-hetero) is 2. The molecule has 4 aliphatic heterocycles. The number of ketones is 4. The summed E-state index contributed by atoms with van der Waals surface area (Å²) < 4.78 is 49.5. The maximum atomic E-state index is 14.0. The van der Waals surface area contributed by atoms with Crippen molar-refractivity contribution >= 4 is 29.1 Å². The van der Waals surface area contributed by atoms with E-state index in [0.29, 0.717) is 6.42 Å². The van der Waals surface area contributed by atoms with Gasteiger partial charge in [-0.3, -0.25) is 24.0 Å². The first-order valence-corrected chi connectivity index (χ1v) is 20.3. The van der Waals surface area contributed by atoms with Crippen LogP contribution < -0.4 is 0 Å². The zero-order valence-electron chi connectivity index (χ0n) is 34.4. The second-order valence-electron chi connectivity index (χ2n) is 17.1. The number of aromatic hydroxyl groups is 2. The predicted octanol–water partition coefficient (Wildman–Crippen LogP) is 2.74. The van der Waals surface area contributed by atoms with Gasteiger partial charge in [-0.2, -0.15) is 0 Å². The topological polar surface area (TPSA) is 223 Å². The highest BCUT2D eigenvalue weighted by Crippen LogP contribution is 2.54. The SMILES string of the molecule is COC(=O)[C@H]1c2cc3c(c(O)c2[C@H](O[C@@H]2C[C@H](N(C)C)[C@@H](O[C@@H]4C[C@@H]5O[C@@H]6CC(=O)[C@H](C)O[C@@H]6O[C@@H]5[C@@H](C)O4)[C@H](C)O2)C[C@]1(O)CC(C)=O)C(=O)c1c(O)cccc1C3=O. The molecule has 0 bridgehead atoms. The lowest BCUT2D eigenvalue weighted by molar-refractivity contribution is -0.371. The summed E-state index contributed by atoms with van der Waals surface area (Å²) >= 11 is 0. The van der Waals surface area contributed by atoms with E-state index in [0.717, 1.165) is 7.11 Å². The summed E-state index contributed by atoms with van der Waals surface area (Å²) in [5.74, 6) is -5.67. The first-order chi connectivity index (χ1) is 28.4. The summed E-state index contributed by atoms with van der Waals surface area (Å²) in [5.41, 5.74) is -3.28. The number of methoxy groups -OCH3 is 1. The van der Waals surface area contributed by atoms with Crippen molar-refractivity contribution < 1.29 is 77.2 Å². The fourth-order valence-electron chi connectivity index (χ4n) is 9.97. The number of phenolic OH excluding ortho intramolecular Hbond substituents is 2. The average molecular weight is 838 g/mol. The Morgan fingerprint density at radius 1 is 0.883 bits per heavy atom. The Morgan fingerprint density at radius 2 is 1.60 bits per heavy atom. The van der Waals surface area contributed by atoms with Crippen molar-refractivity contribution in [3.05, 3.63) is 57.6 Å². The van der Waals surface area contributed by atoms with Crippen LogP contribution in [0.2, 0.25) is 0 Å². The number of rotatable bonds is 8. The standard InChI is InChI=1S/C43H51NO16/c1-17(45)15-43(52)16-29(33-22(35(43)41(51)53-7)11-23-34(38(33)50)37(49)32-21(36(23)48)9-8-10-25(32)46)58-30-12-24(44(5)6)39(19(3)54-30)59-31-14-27-40(20(4)55-31)60-42-28(57-27)13-26(47)18(2)56-42/h8-11,18-20,24,27-31,35,39-40,42,46,50,52H,12-16H2,1-7H3/t18-,19-,20+,24-,27-,28+,29+,30+,31+,35+,39-,40+,42+,43+/m0/s1. The maximum absolute atomic E-state index is 14.0. The molecular weight excluding hydrogens is 786 g/mol. The monoisotopic (exact) mass is 837 g/mol. The van der Waals surface area contributed by atoms with Crippen LogP contribution in [0.3, 0.4) is 0 Å². The van der Waals surface area contributed by atoms with Crippen LogP contribution in [0, 0.1) is 0 Å². The molecule has 8 rings (SSSR count). The second-order valence-corrected chi connectivity index (χ2v) is 17.1. The molecule has 2 aromatic carbocycles. The first-order valence-electron chi connectivity index (χ1n) is 20.3. The van der Waals surface area contributed by atoms with E-state index in [9.17, 15) is 39.3 Å². The molecule has 2 aliphatic carbocycles. The van der Waals surface area contributed by atoms with Gasteiger partial charge < -0.3 is 58.1 Å². The smallest absolute Gasteiger partial charge is 0.316 e. The Balaban J connectivity index is 1.08. The molecule has 0 saturated carbocycles. The Hall–Kier alpha value is -4.17. The van der Waals surface area contributed by atoms with E-state index >= 15 is 0 Å². The zero-order valence-corrected chi connectivity index (χ0v) is 34.4. The van der Waals surface area contributed by atoms with Crippen LogP contribution in [-0.2, 0) is 52.3 Å². The number of benzene rings is 2. The molecule has 4 saturated heterocycles. The van der Waals surface area contributed by atoms with Gasteiger partial charge in [-0.1, -0.05) is 12.1 Å². The number of phenols is 2. The quantitative estimate of drug-likeness (QED) is 0.278. The molecule has 6 aliphatic rings. The number of carbonyl (C=O) groups excluding carboxylic acids is 5. The number of ether oxygens (including phenoxy) is 8. The van der Waals surface area contributed by atoms with E-state index in [4.69, 9.17) is 37.9 Å². The number of esters is 1. The number of fused-ring (bicyclic) bond motifs is 5. The number of nitrogens with zero attached hydrogens (tertiary/aromatic N) is 1. The third-order valence-corrected chi connectivity index (χ3v) is 12.7. The molecule has 0 spiro atoms. The molecule has 0 aromatic heterocycles. The number of hydrogen-bond donors (Lipinski definition) is 3. The lowest BCUT2D eigenvalue weighted by atomic mass is 9.66. The fourth-order valence-corrected chi connectivity index (χ4v) is 9.97. The van der Waals surface area contributed by atoms with Crippen molar-refractivity contribution in [3.63, 3.8) is 0 Å². The Labute approximate surface area is 346 Å². The van der Waals surface area contributed by atoms with Crippen LogP contribution in [0.1, 0.15) is 115 Å². The largest absolute Gasteiger partial charge is 0.507 e. The van der Waals surface area contributed by atoms with Crippen molar-refractivity contribution in [2.75, 3.05) is 21.2 Å². The highest BCUT2D eigenvalue weighted by Gasteiger charge is 2.55. The number of carbonyl (C=O) groups is 5. The van der Waals surface area contributed by atoms with E-state index in [1.807, 2.05) is 25.9 Å². The molecule has 0 radical (unpaired) electrons. The van der Waals surface area contributed by atoms with E-state index in [2.05, 4.69) is 0 Å². The van der Waals surface area contributed by atoms with Crippen LogP contribution in [0.4, 0.5) is 0 Å². The number of hydrogen-bond acceptors (Lipinski definition) is 17. The first kappa shape index (κ1) is 42.5. The minimum Gasteiger partial charge on any atom is -0.507 e. The van der Waals surface area contributed by atoms with Gasteiger partial charge in [-0.15, -0.1) is 0 Å². The average Bonchev–Trinajstić information content (AvgIpc) is 3.16. The molecule has 3 N–H and O–H groups in total. The van der Waals surface area contributed by atoms with Gasteiger partial charge in [0.2, 0.25) is 5.78 Å². The molecule has 17 nitrogen and oxygen atoms in total. The molecule has 17 heteroatoms. The Morgan fingerprint density at radius 3 is 2.30 bits per heavy atom. The van der Waals surface area contributed by atoms with Crippen molar-refractivity contribution in [1.82, 2.24) is 4.90 Å². The van der Waals surface area contributed by atoms with Gasteiger partial charge in [0.1, 0.15) is 47.6 Å². The van der Waals surface area contributed by atoms with Gasteiger partial charge in [0.05, 0.1) is 48.3 Å². The lowest BCUT2D eigenvalue weighted by Crippen LogP contribution is -2.62. The summed E-state index contributed by atoms with van der Waals surface area (Å²) in [6, 6.07) is 4.93. The molecular formula is C43H51NO16. The van der Waals surface area contributed by atoms with Crippen molar-refractivity contribution in [1.29, 1.82) is 0 Å². The summed E-state index contributed by atoms with van der Waals surface area (Å²) in [5, 5.41) is 35.0. The molecule has 4 heterocycles. The molecule has 60 heavy (non-hydrogen) atoms. The molecule has 14 atom stereocenters. The van der Waals surface area contributed by atoms with Crippen molar-refractivity contribution in [2.24, 2.45) is 0 Å². The minimum absolute atomic E-state index is 0.0575. The van der Waals surface area contributed by atoms with Crippen LogP contribution >= 0.6 is 0 Å². The highest BCUT2D eigenvalue weighted by atomic mass is 16.8. The third-order valence-electron chi connectivity index (χ3n) is 12.7. The van der Waals surface area contributed by atoms with Gasteiger partial charge in [0.15, 0.2) is 30.4 Å². The van der Waals surface area contributed by atoms with Crippen LogP contribution in [0.15, 0.2) is 24.3 Å². The summed E-state index contributed by atoms with van der Waals surface area (Å²) in [7, 11) is 4.84. The van der Waals surface area contributed by atoms with Crippen molar-refractivity contribution in [3.8, 4) is 11.5 Å². The Kier molecular flexibility index (Phi) is 11.3. The predicted molar refractivity (Wildman–Crippen MR) is 204 cm³/mol. The van der Waals surface area contributed by atoms with E-state index in [-0.39, 0.29) is 52.5 Å². The van der Waals surface area contributed by atoms with Gasteiger partial charge >= 0.3 is 5.97 Å². The molecule has 324 valence electrons. The van der Waals surface area contributed by atoms with E-state index < -0.39 is 132 Å². The molecule has 0 amide bonds.